The Morgan fingerprint density at radius 2 is 1.49 bits per heavy atom. The van der Waals surface area contributed by atoms with Gasteiger partial charge in [0.05, 0.1) is 11.6 Å². The van der Waals surface area contributed by atoms with Crippen molar-refractivity contribution in [1.82, 2.24) is 9.97 Å². The fourth-order valence-electron chi connectivity index (χ4n) is 3.22. The molecule has 0 aliphatic heterocycles. The van der Waals surface area contributed by atoms with Crippen LogP contribution in [0.15, 0.2) is 97.3 Å². The van der Waals surface area contributed by atoms with Crippen LogP contribution >= 0.6 is 0 Å². The third-order valence-electron chi connectivity index (χ3n) is 4.96. The Morgan fingerprint density at radius 3 is 2.17 bits per heavy atom. The Kier molecular flexibility index (Phi) is 9.07. The summed E-state index contributed by atoms with van der Waals surface area (Å²) in [7, 11) is 0. The van der Waals surface area contributed by atoms with Crippen LogP contribution in [0.25, 0.3) is 33.6 Å². The van der Waals surface area contributed by atoms with E-state index >= 15 is 0 Å². The molecule has 5 aromatic rings. The molecule has 0 fully saturated rings. The second-order valence-electron chi connectivity index (χ2n) is 7.45. The van der Waals surface area contributed by atoms with Gasteiger partial charge in [-0.15, -0.1) is 35.9 Å². The van der Waals surface area contributed by atoms with Gasteiger partial charge in [-0.05, 0) is 41.1 Å². The van der Waals surface area contributed by atoms with Gasteiger partial charge in [-0.1, -0.05) is 66.2 Å². The second-order valence-corrected chi connectivity index (χ2v) is 7.45. The number of pyridine rings is 2. The normalized spacial score (nSPS) is 10.1. The quantitative estimate of drug-likeness (QED) is 0.150. The maximum absolute atomic E-state index is 13.3. The molecule has 0 bridgehead atoms. The second kappa shape index (κ2) is 12.2. The predicted molar refractivity (Wildman–Crippen MR) is 127 cm³/mol. The van der Waals surface area contributed by atoms with Gasteiger partial charge >= 0.3 is 0 Å². The summed E-state index contributed by atoms with van der Waals surface area (Å²) in [6, 6.07) is 31.3. The van der Waals surface area contributed by atoms with Gasteiger partial charge in [-0.3, -0.25) is 8.78 Å². The van der Waals surface area contributed by atoms with Crippen LogP contribution in [0.5, 0.6) is 0 Å². The van der Waals surface area contributed by atoms with E-state index in [0.29, 0.717) is 6.07 Å². The summed E-state index contributed by atoms with van der Waals surface area (Å²) in [6.07, 6.45) is 3.36. The summed E-state index contributed by atoms with van der Waals surface area (Å²) in [6.45, 7) is 1.82. The smallest absolute Gasteiger partial charge is 0.0756 e. The van der Waals surface area contributed by atoms with E-state index in [-0.39, 0.29) is 31.4 Å². The zero-order valence-electron chi connectivity index (χ0n) is 18.6. The van der Waals surface area contributed by atoms with E-state index in [4.69, 9.17) is 0 Å². The molecule has 2 heterocycles. The minimum atomic E-state index is -1.26. The van der Waals surface area contributed by atoms with Gasteiger partial charge in [0.15, 0.2) is 0 Å². The average Bonchev–Trinajstić information content (AvgIpc) is 2.88. The van der Waals surface area contributed by atoms with Crippen molar-refractivity contribution in [3.63, 3.8) is 0 Å². The predicted octanol–water partition coefficient (Wildman–Crippen LogP) is 7.49. The molecule has 1 radical (unpaired) electrons. The zero-order chi connectivity index (χ0) is 23.9. The number of benzene rings is 3. The molecule has 3 aromatic carbocycles. The van der Waals surface area contributed by atoms with Crippen LogP contribution in [0, 0.1) is 36.5 Å². The molecule has 2 aromatic heterocycles. The SMILES string of the molecule is Cc1ccc(-c2[c-]c(F)c(F)cc2F)nc1.[Ir].[c-]1ccccc1-c1cc(-c2ccccc2)ccn1. The number of hydrogen-bond donors (Lipinski definition) is 0. The third-order valence-corrected chi connectivity index (χ3v) is 4.96. The summed E-state index contributed by atoms with van der Waals surface area (Å²) >= 11 is 0. The molecule has 0 atom stereocenters. The molecule has 5 rings (SSSR count). The Bertz CT molecular complexity index is 1320. The molecule has 0 N–H and O–H groups in total. The Morgan fingerprint density at radius 1 is 0.714 bits per heavy atom. The van der Waals surface area contributed by atoms with Crippen LogP contribution in [-0.2, 0) is 20.1 Å². The molecule has 0 saturated heterocycles. The average molecular weight is 645 g/mol. The van der Waals surface area contributed by atoms with Gasteiger partial charge in [-0.2, -0.15) is 0 Å². The van der Waals surface area contributed by atoms with E-state index in [9.17, 15) is 13.2 Å². The summed E-state index contributed by atoms with van der Waals surface area (Å²) < 4.78 is 38.9. The number of halogens is 3. The molecular weight excluding hydrogens is 626 g/mol. The van der Waals surface area contributed by atoms with Crippen molar-refractivity contribution in [2.45, 2.75) is 6.92 Å². The molecule has 0 amide bonds. The first-order chi connectivity index (χ1) is 16.5. The number of rotatable bonds is 3. The minimum Gasteiger partial charge on any atom is -0.305 e. The molecule has 0 aliphatic carbocycles. The van der Waals surface area contributed by atoms with E-state index in [1.807, 2.05) is 67.7 Å². The third kappa shape index (κ3) is 6.72. The van der Waals surface area contributed by atoms with E-state index in [1.165, 1.54) is 23.4 Å². The fourth-order valence-corrected chi connectivity index (χ4v) is 3.22. The van der Waals surface area contributed by atoms with Crippen molar-refractivity contribution in [3.05, 3.63) is 132 Å². The summed E-state index contributed by atoms with van der Waals surface area (Å²) in [5.41, 5.74) is 5.31. The Labute approximate surface area is 215 Å². The zero-order valence-corrected chi connectivity index (χ0v) is 21.0. The molecule has 35 heavy (non-hydrogen) atoms. The molecule has 0 aliphatic rings. The summed E-state index contributed by atoms with van der Waals surface area (Å²) in [5.74, 6) is -3.35. The van der Waals surface area contributed by atoms with Crippen LogP contribution in [0.2, 0.25) is 0 Å². The number of nitrogens with zero attached hydrogens (tertiary/aromatic N) is 2. The van der Waals surface area contributed by atoms with Crippen LogP contribution in [-0.4, -0.2) is 9.97 Å². The van der Waals surface area contributed by atoms with Gasteiger partial charge < -0.3 is 9.97 Å². The molecule has 0 saturated carbocycles. The van der Waals surface area contributed by atoms with Gasteiger partial charge in [0, 0.05) is 38.3 Å². The number of aromatic nitrogens is 2. The minimum absolute atomic E-state index is 0. The molecule has 2 nitrogen and oxygen atoms in total. The van der Waals surface area contributed by atoms with Crippen molar-refractivity contribution in [1.29, 1.82) is 0 Å². The van der Waals surface area contributed by atoms with Crippen molar-refractivity contribution in [2.75, 3.05) is 0 Å². The monoisotopic (exact) mass is 645 g/mol. The van der Waals surface area contributed by atoms with E-state index < -0.39 is 17.5 Å². The van der Waals surface area contributed by atoms with E-state index in [1.54, 1.807) is 6.07 Å². The van der Waals surface area contributed by atoms with Gasteiger partial charge in [0.25, 0.3) is 0 Å². The van der Waals surface area contributed by atoms with Crippen LogP contribution in [0.1, 0.15) is 5.56 Å². The fraction of sp³-hybridized carbons (Fsp3) is 0.0345. The van der Waals surface area contributed by atoms with E-state index in [2.05, 4.69) is 34.2 Å². The first kappa shape index (κ1) is 26.0. The Balaban J connectivity index is 0.000000192. The molecule has 0 unspecified atom stereocenters. The molecular formula is C29H19F3IrN2-2. The summed E-state index contributed by atoms with van der Waals surface area (Å²) in [5, 5.41) is 0. The Hall–Kier alpha value is -3.60. The number of hydrogen-bond acceptors (Lipinski definition) is 2. The molecule has 0 spiro atoms. The van der Waals surface area contributed by atoms with Crippen molar-refractivity contribution in [2.24, 2.45) is 0 Å². The topological polar surface area (TPSA) is 25.8 Å². The molecule has 6 heteroatoms. The van der Waals surface area contributed by atoms with Gasteiger partial charge in [0.1, 0.15) is 0 Å². The molecule has 177 valence electrons. The standard InChI is InChI=1S/C17H12N.C12H7F3N.Ir/c1-3-7-14(8-4-1)16-11-12-18-17(13-16)15-9-5-2-6-10-15;1-7-2-3-12(16-6-7)8-4-10(14)11(15)5-9(8)13;/h1-9,11-13H;2-3,5-6H,1H3;/q2*-1;. The van der Waals surface area contributed by atoms with Crippen molar-refractivity contribution >= 4 is 0 Å². The van der Waals surface area contributed by atoms with Gasteiger partial charge in [0.2, 0.25) is 0 Å². The number of aryl methyl sites for hydroxylation is 1. The van der Waals surface area contributed by atoms with Crippen LogP contribution < -0.4 is 0 Å². The maximum atomic E-state index is 13.3. The van der Waals surface area contributed by atoms with Crippen LogP contribution in [0.3, 0.4) is 0 Å². The van der Waals surface area contributed by atoms with Gasteiger partial charge in [-0.25, -0.2) is 4.39 Å². The largest absolute Gasteiger partial charge is 0.305 e. The van der Waals surface area contributed by atoms with Crippen LogP contribution in [0.4, 0.5) is 13.2 Å². The first-order valence-electron chi connectivity index (χ1n) is 10.5. The summed E-state index contributed by atoms with van der Waals surface area (Å²) in [4.78, 5) is 8.32. The van der Waals surface area contributed by atoms with Crippen molar-refractivity contribution < 1.29 is 33.3 Å². The first-order valence-corrected chi connectivity index (χ1v) is 10.5. The maximum Gasteiger partial charge on any atom is 0.0756 e. The van der Waals surface area contributed by atoms with Crippen molar-refractivity contribution in [3.8, 4) is 33.6 Å². The van der Waals surface area contributed by atoms with E-state index in [0.717, 1.165) is 16.8 Å².